The zero-order valence-corrected chi connectivity index (χ0v) is 10.5. The Kier molecular flexibility index (Phi) is 4.32. The third-order valence-electron chi connectivity index (χ3n) is 2.06. The lowest BCUT2D eigenvalue weighted by molar-refractivity contribution is -0.139. The summed E-state index contributed by atoms with van der Waals surface area (Å²) >= 11 is 3.30. The van der Waals surface area contributed by atoms with Crippen molar-refractivity contribution in [3.63, 3.8) is 0 Å². The van der Waals surface area contributed by atoms with Gasteiger partial charge >= 0.3 is 5.97 Å². The summed E-state index contributed by atoms with van der Waals surface area (Å²) in [5, 5.41) is 8.94. The number of ether oxygens (including phenoxy) is 2. The van der Waals surface area contributed by atoms with Crippen LogP contribution in [0.3, 0.4) is 0 Å². The number of nitriles is 1. The van der Waals surface area contributed by atoms with Gasteiger partial charge in [0.05, 0.1) is 36.7 Å². The lowest BCUT2D eigenvalue weighted by Crippen LogP contribution is -2.06. The topological polar surface area (TPSA) is 59.3 Å². The molecular formula is C11H10BrNO3. The molecule has 0 N–H and O–H groups in total. The molecule has 4 nitrogen and oxygen atoms in total. The first-order valence-electron chi connectivity index (χ1n) is 4.45. The monoisotopic (exact) mass is 283 g/mol. The Balaban J connectivity index is 3.14. The molecule has 5 heteroatoms. The normalized spacial score (nSPS) is 9.38. The summed E-state index contributed by atoms with van der Waals surface area (Å²) in [4.78, 5) is 11.1. The van der Waals surface area contributed by atoms with Crippen molar-refractivity contribution in [1.82, 2.24) is 0 Å². The predicted octanol–water partition coefficient (Wildman–Crippen LogP) is 2.04. The summed E-state index contributed by atoms with van der Waals surface area (Å²) in [6, 6.07) is 5.29. The second kappa shape index (κ2) is 5.52. The van der Waals surface area contributed by atoms with Crippen molar-refractivity contribution in [2.45, 2.75) is 6.42 Å². The quantitative estimate of drug-likeness (QED) is 0.797. The van der Waals surface area contributed by atoms with Gasteiger partial charge in [-0.3, -0.25) is 4.79 Å². The van der Waals surface area contributed by atoms with Crippen LogP contribution in [0.25, 0.3) is 0 Å². The van der Waals surface area contributed by atoms with E-state index in [-0.39, 0.29) is 12.4 Å². The number of rotatable bonds is 3. The SMILES string of the molecule is COC(=O)Cc1cc(Br)c(OC)cc1C#N. The van der Waals surface area contributed by atoms with Gasteiger partial charge in [-0.05, 0) is 33.6 Å². The van der Waals surface area contributed by atoms with Gasteiger partial charge in [-0.1, -0.05) is 0 Å². The molecule has 0 atom stereocenters. The summed E-state index contributed by atoms with van der Waals surface area (Å²) < 4.78 is 10.3. The van der Waals surface area contributed by atoms with Crippen LogP contribution in [0, 0.1) is 11.3 Å². The third kappa shape index (κ3) is 2.74. The zero-order valence-electron chi connectivity index (χ0n) is 8.91. The molecule has 0 fully saturated rings. The first kappa shape index (κ1) is 12.5. The molecule has 0 amide bonds. The number of halogens is 1. The summed E-state index contributed by atoms with van der Waals surface area (Å²) in [7, 11) is 2.83. The smallest absolute Gasteiger partial charge is 0.310 e. The van der Waals surface area contributed by atoms with E-state index in [9.17, 15) is 4.79 Å². The maximum absolute atomic E-state index is 11.1. The van der Waals surface area contributed by atoms with Gasteiger partial charge in [0.1, 0.15) is 5.75 Å². The second-order valence-electron chi connectivity index (χ2n) is 3.01. The average Bonchev–Trinajstić information content (AvgIpc) is 2.29. The van der Waals surface area contributed by atoms with Crippen LogP contribution in [0.2, 0.25) is 0 Å². The van der Waals surface area contributed by atoms with Crippen molar-refractivity contribution >= 4 is 21.9 Å². The molecule has 84 valence electrons. The molecular weight excluding hydrogens is 274 g/mol. The summed E-state index contributed by atoms with van der Waals surface area (Å²) in [6.07, 6.45) is 0.0714. The number of carbonyl (C=O) groups is 1. The Labute approximate surface area is 102 Å². The van der Waals surface area contributed by atoms with Crippen molar-refractivity contribution in [1.29, 1.82) is 5.26 Å². The Morgan fingerprint density at radius 3 is 2.69 bits per heavy atom. The fraction of sp³-hybridized carbons (Fsp3) is 0.273. The fourth-order valence-corrected chi connectivity index (χ4v) is 1.78. The minimum absolute atomic E-state index is 0.0714. The standard InChI is InChI=1S/C11H10BrNO3/c1-15-10-4-8(6-13)7(3-9(10)12)5-11(14)16-2/h3-4H,5H2,1-2H3. The van der Waals surface area contributed by atoms with Gasteiger partial charge in [0, 0.05) is 0 Å². The van der Waals surface area contributed by atoms with Crippen molar-refractivity contribution in [3.8, 4) is 11.8 Å². The van der Waals surface area contributed by atoms with Gasteiger partial charge in [-0.25, -0.2) is 0 Å². The van der Waals surface area contributed by atoms with E-state index < -0.39 is 0 Å². The van der Waals surface area contributed by atoms with E-state index in [4.69, 9.17) is 10.00 Å². The average molecular weight is 284 g/mol. The molecule has 0 spiro atoms. The van der Waals surface area contributed by atoms with E-state index in [1.54, 1.807) is 12.1 Å². The third-order valence-corrected chi connectivity index (χ3v) is 2.68. The molecule has 0 bridgehead atoms. The number of benzene rings is 1. The highest BCUT2D eigenvalue weighted by atomic mass is 79.9. The van der Waals surface area contributed by atoms with Crippen LogP contribution in [-0.2, 0) is 16.0 Å². The summed E-state index contributed by atoms with van der Waals surface area (Å²) in [6.45, 7) is 0. The van der Waals surface area contributed by atoms with E-state index >= 15 is 0 Å². The highest BCUT2D eigenvalue weighted by molar-refractivity contribution is 9.10. The van der Waals surface area contributed by atoms with Crippen molar-refractivity contribution in [2.24, 2.45) is 0 Å². The Morgan fingerprint density at radius 2 is 2.19 bits per heavy atom. The van der Waals surface area contributed by atoms with Crippen LogP contribution in [0.15, 0.2) is 16.6 Å². The maximum atomic E-state index is 11.1. The molecule has 0 unspecified atom stereocenters. The lowest BCUT2D eigenvalue weighted by atomic mass is 10.1. The van der Waals surface area contributed by atoms with Gasteiger partial charge < -0.3 is 9.47 Å². The molecule has 16 heavy (non-hydrogen) atoms. The van der Waals surface area contributed by atoms with Gasteiger partial charge in [-0.15, -0.1) is 0 Å². The number of hydrogen-bond donors (Lipinski definition) is 0. The van der Waals surface area contributed by atoms with E-state index in [0.29, 0.717) is 21.3 Å². The van der Waals surface area contributed by atoms with Gasteiger partial charge in [0.2, 0.25) is 0 Å². The minimum atomic E-state index is -0.381. The van der Waals surface area contributed by atoms with Crippen LogP contribution in [0.4, 0.5) is 0 Å². The van der Waals surface area contributed by atoms with E-state index in [1.165, 1.54) is 14.2 Å². The number of carbonyl (C=O) groups excluding carboxylic acids is 1. The van der Waals surface area contributed by atoms with Crippen molar-refractivity contribution in [2.75, 3.05) is 14.2 Å². The molecule has 0 aromatic heterocycles. The zero-order chi connectivity index (χ0) is 12.1. The molecule has 0 aliphatic heterocycles. The Morgan fingerprint density at radius 1 is 1.50 bits per heavy atom. The van der Waals surface area contributed by atoms with E-state index in [2.05, 4.69) is 20.7 Å². The van der Waals surface area contributed by atoms with Gasteiger partial charge in [-0.2, -0.15) is 5.26 Å². The van der Waals surface area contributed by atoms with E-state index in [0.717, 1.165) is 0 Å². The molecule has 0 saturated carbocycles. The van der Waals surface area contributed by atoms with Crippen LogP contribution in [-0.4, -0.2) is 20.2 Å². The largest absolute Gasteiger partial charge is 0.496 e. The second-order valence-corrected chi connectivity index (χ2v) is 3.86. The van der Waals surface area contributed by atoms with Crippen LogP contribution >= 0.6 is 15.9 Å². The number of nitrogens with zero attached hydrogens (tertiary/aromatic N) is 1. The maximum Gasteiger partial charge on any atom is 0.310 e. The molecule has 1 aromatic carbocycles. The van der Waals surface area contributed by atoms with E-state index in [1.807, 2.05) is 6.07 Å². The van der Waals surface area contributed by atoms with Crippen molar-refractivity contribution in [3.05, 3.63) is 27.7 Å². The molecule has 0 saturated heterocycles. The fourth-order valence-electron chi connectivity index (χ4n) is 1.23. The van der Waals surface area contributed by atoms with Crippen LogP contribution in [0.5, 0.6) is 5.75 Å². The molecule has 1 aromatic rings. The molecule has 0 aliphatic rings. The Hall–Kier alpha value is -1.54. The number of hydrogen-bond acceptors (Lipinski definition) is 4. The van der Waals surface area contributed by atoms with Gasteiger partial charge in [0.15, 0.2) is 0 Å². The van der Waals surface area contributed by atoms with Crippen molar-refractivity contribution < 1.29 is 14.3 Å². The molecule has 1 rings (SSSR count). The highest BCUT2D eigenvalue weighted by Gasteiger charge is 2.12. The molecule has 0 heterocycles. The van der Waals surface area contributed by atoms with Crippen LogP contribution in [0.1, 0.15) is 11.1 Å². The summed E-state index contributed by atoms with van der Waals surface area (Å²) in [5.41, 5.74) is 1.02. The molecule has 0 aliphatic carbocycles. The number of esters is 1. The predicted molar refractivity (Wildman–Crippen MR) is 61.1 cm³/mol. The lowest BCUT2D eigenvalue weighted by Gasteiger charge is -2.08. The first-order valence-corrected chi connectivity index (χ1v) is 5.25. The minimum Gasteiger partial charge on any atom is -0.496 e. The Bertz CT molecular complexity index is 451. The molecule has 0 radical (unpaired) electrons. The number of methoxy groups -OCH3 is 2. The van der Waals surface area contributed by atoms with Crippen LogP contribution < -0.4 is 4.74 Å². The highest BCUT2D eigenvalue weighted by Crippen LogP contribution is 2.28. The van der Waals surface area contributed by atoms with Gasteiger partial charge in [0.25, 0.3) is 0 Å². The summed E-state index contributed by atoms with van der Waals surface area (Å²) in [5.74, 6) is 0.179. The first-order chi connectivity index (χ1) is 7.62.